The predicted octanol–water partition coefficient (Wildman–Crippen LogP) is 3.54. The number of nitrogens with two attached hydrogens (primary N) is 1. The molecule has 1 saturated heterocycles. The molecule has 2 aromatic heterocycles. The number of carbonyl (C=O) groups excluding carboxylic acids is 1. The maximum atomic E-state index is 12.7. The Morgan fingerprint density at radius 2 is 2.07 bits per heavy atom. The maximum absolute atomic E-state index is 12.7. The molecule has 4 aromatic rings. The number of H-pyrrole nitrogens is 2. The van der Waals surface area contributed by atoms with Crippen LogP contribution < -0.4 is 5.73 Å². The third-order valence-corrected chi connectivity index (χ3v) is 5.39. The van der Waals surface area contributed by atoms with Crippen LogP contribution in [0.25, 0.3) is 33.2 Å². The van der Waals surface area contributed by atoms with E-state index < -0.39 is 0 Å². The van der Waals surface area contributed by atoms with E-state index in [1.54, 1.807) is 0 Å². The summed E-state index contributed by atoms with van der Waals surface area (Å²) in [6.45, 7) is 1.34. The number of fused-ring (bicyclic) bond motifs is 2. The second-order valence-corrected chi connectivity index (χ2v) is 7.48. The zero-order valence-electron chi connectivity index (χ0n) is 14.5. The normalized spacial score (nSPS) is 17.3. The summed E-state index contributed by atoms with van der Waals surface area (Å²) >= 11 is 6.05. The van der Waals surface area contributed by atoms with E-state index in [-0.39, 0.29) is 11.9 Å². The van der Waals surface area contributed by atoms with Gasteiger partial charge in [0.2, 0.25) is 0 Å². The smallest absolute Gasteiger partial charge is 0.253 e. The highest BCUT2D eigenvalue weighted by Crippen LogP contribution is 2.30. The van der Waals surface area contributed by atoms with Crippen LogP contribution in [0.3, 0.4) is 0 Å². The number of likely N-dealkylation sites (tertiary alicyclic amines) is 1. The number of rotatable bonds is 2. The summed E-state index contributed by atoms with van der Waals surface area (Å²) in [6, 6.07) is 13.5. The van der Waals surface area contributed by atoms with Crippen LogP contribution in [0, 0.1) is 0 Å². The number of carbonyl (C=O) groups is 1. The second kappa shape index (κ2) is 6.11. The second-order valence-electron chi connectivity index (χ2n) is 7.05. The lowest BCUT2D eigenvalue weighted by atomic mass is 10.1. The van der Waals surface area contributed by atoms with Gasteiger partial charge in [0.05, 0.1) is 11.2 Å². The van der Waals surface area contributed by atoms with Crippen molar-refractivity contribution >= 4 is 39.3 Å². The minimum Gasteiger partial charge on any atom is -0.353 e. The third kappa shape index (κ3) is 2.78. The van der Waals surface area contributed by atoms with Gasteiger partial charge >= 0.3 is 0 Å². The average molecular weight is 380 g/mol. The van der Waals surface area contributed by atoms with Gasteiger partial charge in [-0.25, -0.2) is 0 Å². The van der Waals surface area contributed by atoms with Crippen LogP contribution in [0.2, 0.25) is 5.02 Å². The SMILES string of the molecule is NC1CCN(C(=O)c2ccc3[nH]c(-c4n[nH]c5cc(Cl)ccc45)cc3c2)C1. The Labute approximate surface area is 160 Å². The van der Waals surface area contributed by atoms with Crippen molar-refractivity contribution in [1.82, 2.24) is 20.1 Å². The molecule has 1 fully saturated rings. The van der Waals surface area contributed by atoms with Crippen LogP contribution >= 0.6 is 11.6 Å². The monoisotopic (exact) mass is 379 g/mol. The molecule has 0 radical (unpaired) electrons. The first kappa shape index (κ1) is 16.4. The van der Waals surface area contributed by atoms with Crippen molar-refractivity contribution in [1.29, 1.82) is 0 Å². The van der Waals surface area contributed by atoms with E-state index in [1.807, 2.05) is 47.4 Å². The summed E-state index contributed by atoms with van der Waals surface area (Å²) in [5.74, 6) is 0.0347. The lowest BCUT2D eigenvalue weighted by Gasteiger charge is -2.15. The van der Waals surface area contributed by atoms with Gasteiger partial charge in [-0.1, -0.05) is 11.6 Å². The minimum atomic E-state index is 0.0347. The lowest BCUT2D eigenvalue weighted by molar-refractivity contribution is 0.0791. The van der Waals surface area contributed by atoms with Gasteiger partial charge in [0.15, 0.2) is 0 Å². The van der Waals surface area contributed by atoms with Gasteiger partial charge in [-0.05, 0) is 48.9 Å². The minimum absolute atomic E-state index is 0.0347. The van der Waals surface area contributed by atoms with Crippen molar-refractivity contribution < 1.29 is 4.79 Å². The summed E-state index contributed by atoms with van der Waals surface area (Å²) in [5, 5.41) is 10.1. The van der Waals surface area contributed by atoms with Gasteiger partial charge in [-0.2, -0.15) is 5.10 Å². The number of nitrogens with one attached hydrogen (secondary N) is 2. The van der Waals surface area contributed by atoms with Crippen molar-refractivity contribution in [2.45, 2.75) is 12.5 Å². The third-order valence-electron chi connectivity index (χ3n) is 5.16. The molecule has 0 saturated carbocycles. The molecule has 2 aromatic carbocycles. The van der Waals surface area contributed by atoms with Crippen LogP contribution in [-0.4, -0.2) is 45.1 Å². The van der Waals surface area contributed by atoms with Crippen molar-refractivity contribution in [3.63, 3.8) is 0 Å². The average Bonchev–Trinajstić information content (AvgIpc) is 3.37. The molecule has 1 atom stereocenters. The molecule has 1 unspecified atom stereocenters. The van der Waals surface area contributed by atoms with Crippen molar-refractivity contribution in [2.24, 2.45) is 5.73 Å². The number of nitrogens with zero attached hydrogens (tertiary/aromatic N) is 2. The number of hydrogen-bond acceptors (Lipinski definition) is 3. The molecule has 7 heteroatoms. The van der Waals surface area contributed by atoms with Gasteiger partial charge < -0.3 is 15.6 Å². The molecule has 27 heavy (non-hydrogen) atoms. The zero-order valence-corrected chi connectivity index (χ0v) is 15.3. The molecule has 5 rings (SSSR count). The van der Waals surface area contributed by atoms with Gasteiger partial charge in [0.1, 0.15) is 5.69 Å². The Hall–Kier alpha value is -2.83. The number of aromatic nitrogens is 3. The molecule has 0 bridgehead atoms. The molecule has 1 amide bonds. The number of hydrogen-bond donors (Lipinski definition) is 3. The Balaban J connectivity index is 1.53. The molecule has 1 aliphatic rings. The number of benzene rings is 2. The number of aromatic amines is 2. The quantitative estimate of drug-likeness (QED) is 0.497. The molecule has 3 heterocycles. The summed E-state index contributed by atoms with van der Waals surface area (Å²) in [4.78, 5) is 17.9. The van der Waals surface area contributed by atoms with E-state index in [0.717, 1.165) is 46.2 Å². The van der Waals surface area contributed by atoms with Gasteiger partial charge in [0.25, 0.3) is 5.91 Å². The molecule has 6 nitrogen and oxygen atoms in total. The fraction of sp³-hybridized carbons (Fsp3) is 0.200. The van der Waals surface area contributed by atoms with Crippen molar-refractivity contribution in [3.8, 4) is 11.4 Å². The highest BCUT2D eigenvalue weighted by molar-refractivity contribution is 6.31. The standard InChI is InChI=1S/C20H18ClN5O/c21-13-2-3-15-17(9-13)24-25-19(15)18-8-12-7-11(1-4-16(12)23-18)20(27)26-6-5-14(22)10-26/h1-4,7-9,14,23H,5-6,10,22H2,(H,24,25). The summed E-state index contributed by atoms with van der Waals surface area (Å²) in [7, 11) is 0. The zero-order chi connectivity index (χ0) is 18.5. The van der Waals surface area contributed by atoms with E-state index in [0.29, 0.717) is 17.1 Å². The predicted molar refractivity (Wildman–Crippen MR) is 107 cm³/mol. The Morgan fingerprint density at radius 1 is 1.19 bits per heavy atom. The first-order chi connectivity index (χ1) is 13.1. The van der Waals surface area contributed by atoms with E-state index >= 15 is 0 Å². The van der Waals surface area contributed by atoms with Crippen LogP contribution in [0.15, 0.2) is 42.5 Å². The number of halogens is 1. The Kier molecular flexibility index (Phi) is 3.70. The molecule has 136 valence electrons. The highest BCUT2D eigenvalue weighted by Gasteiger charge is 2.24. The van der Waals surface area contributed by atoms with E-state index in [2.05, 4.69) is 15.2 Å². The van der Waals surface area contributed by atoms with Gasteiger partial charge in [-0.15, -0.1) is 0 Å². The van der Waals surface area contributed by atoms with Crippen LogP contribution in [-0.2, 0) is 0 Å². The Bertz CT molecular complexity index is 1180. The van der Waals surface area contributed by atoms with Crippen LogP contribution in [0.5, 0.6) is 0 Å². The van der Waals surface area contributed by atoms with Crippen LogP contribution in [0.4, 0.5) is 0 Å². The van der Waals surface area contributed by atoms with E-state index in [9.17, 15) is 4.79 Å². The molecular formula is C20H18ClN5O. The summed E-state index contributed by atoms with van der Waals surface area (Å²) < 4.78 is 0. The molecule has 4 N–H and O–H groups in total. The van der Waals surface area contributed by atoms with E-state index in [1.165, 1.54) is 0 Å². The largest absolute Gasteiger partial charge is 0.353 e. The molecule has 0 aliphatic carbocycles. The van der Waals surface area contributed by atoms with Crippen molar-refractivity contribution in [3.05, 3.63) is 53.1 Å². The van der Waals surface area contributed by atoms with E-state index in [4.69, 9.17) is 17.3 Å². The Morgan fingerprint density at radius 3 is 2.89 bits per heavy atom. The first-order valence-electron chi connectivity index (χ1n) is 8.90. The summed E-state index contributed by atoms with van der Waals surface area (Å²) in [6.07, 6.45) is 0.860. The molecular weight excluding hydrogens is 362 g/mol. The molecule has 1 aliphatic heterocycles. The fourth-order valence-corrected chi connectivity index (χ4v) is 3.92. The fourth-order valence-electron chi connectivity index (χ4n) is 3.74. The van der Waals surface area contributed by atoms with Gasteiger partial charge in [-0.3, -0.25) is 9.89 Å². The topological polar surface area (TPSA) is 90.8 Å². The number of amides is 1. The summed E-state index contributed by atoms with van der Waals surface area (Å²) in [5.41, 5.74) is 10.2. The van der Waals surface area contributed by atoms with Crippen LogP contribution in [0.1, 0.15) is 16.8 Å². The highest BCUT2D eigenvalue weighted by atomic mass is 35.5. The van der Waals surface area contributed by atoms with Crippen molar-refractivity contribution in [2.75, 3.05) is 13.1 Å². The molecule has 0 spiro atoms. The maximum Gasteiger partial charge on any atom is 0.253 e. The first-order valence-corrected chi connectivity index (χ1v) is 9.28. The lowest BCUT2D eigenvalue weighted by Crippen LogP contribution is -2.31. The van der Waals surface area contributed by atoms with Gasteiger partial charge in [0, 0.05) is 46.0 Å².